The van der Waals surface area contributed by atoms with Gasteiger partial charge in [-0.3, -0.25) is 4.57 Å². The normalized spacial score (nSPS) is 14.5. The third kappa shape index (κ3) is 6.59. The maximum Gasteiger partial charge on any atom is 0.335 e. The molecule has 0 aliphatic carbocycles. The van der Waals surface area contributed by atoms with Gasteiger partial charge in [-0.05, 0) is 37.5 Å². The van der Waals surface area contributed by atoms with Crippen LogP contribution < -0.4 is 0 Å². The van der Waals surface area contributed by atoms with Crippen molar-refractivity contribution in [3.63, 3.8) is 0 Å². The van der Waals surface area contributed by atoms with E-state index in [0.717, 1.165) is 11.1 Å². The van der Waals surface area contributed by atoms with Crippen LogP contribution in [0.5, 0.6) is 0 Å². The van der Waals surface area contributed by atoms with Crippen molar-refractivity contribution in [3.05, 3.63) is 35.4 Å². The number of rotatable bonds is 10. The number of ether oxygens (including phenoxy) is 1. The lowest BCUT2D eigenvalue weighted by atomic mass is 10.1. The first-order valence-corrected chi connectivity index (χ1v) is 13.8. The summed E-state index contributed by atoms with van der Waals surface area (Å²) in [6.07, 6.45) is -0.147. The van der Waals surface area contributed by atoms with Gasteiger partial charge in [0.25, 0.3) is 0 Å². The average molecular weight is 403 g/mol. The Balaban J connectivity index is 2.92. The van der Waals surface area contributed by atoms with E-state index in [4.69, 9.17) is 18.2 Å². The fourth-order valence-electron chi connectivity index (χ4n) is 2.22. The quantitative estimate of drug-likeness (QED) is 0.268. The first kappa shape index (κ1) is 23.5. The van der Waals surface area contributed by atoms with Gasteiger partial charge in [0, 0.05) is 12.7 Å². The zero-order valence-corrected chi connectivity index (χ0v) is 19.4. The van der Waals surface area contributed by atoms with E-state index in [2.05, 4.69) is 33.9 Å². The number of hydrogen-bond acceptors (Lipinski definition) is 5. The van der Waals surface area contributed by atoms with E-state index >= 15 is 0 Å². The second kappa shape index (κ2) is 9.63. The van der Waals surface area contributed by atoms with Crippen LogP contribution >= 0.6 is 7.60 Å². The van der Waals surface area contributed by atoms with E-state index in [9.17, 15) is 4.57 Å². The summed E-state index contributed by atoms with van der Waals surface area (Å²) >= 11 is 0. The fraction of sp³-hybridized carbons (Fsp3) is 0.684. The first-order chi connectivity index (χ1) is 12.0. The topological polar surface area (TPSA) is 54.0 Å². The minimum atomic E-state index is -3.10. The second-order valence-electron chi connectivity index (χ2n) is 7.79. The van der Waals surface area contributed by atoms with Gasteiger partial charge in [0.1, 0.15) is 0 Å². The highest BCUT2D eigenvalue weighted by Crippen LogP contribution is 2.51. The van der Waals surface area contributed by atoms with Crippen LogP contribution in [0.25, 0.3) is 0 Å². The van der Waals surface area contributed by atoms with Crippen molar-refractivity contribution in [2.24, 2.45) is 0 Å². The Bertz CT molecular complexity index is 585. The third-order valence-electron chi connectivity index (χ3n) is 4.70. The Morgan fingerprint density at radius 2 is 1.54 bits per heavy atom. The highest BCUT2D eigenvalue weighted by atomic mass is 31.2. The zero-order chi connectivity index (χ0) is 20.0. The van der Waals surface area contributed by atoms with E-state index < -0.39 is 22.2 Å². The molecule has 0 N–H and O–H groups in total. The molecule has 0 aliphatic rings. The molecular formula is C19H35O5PSi. The summed E-state index contributed by atoms with van der Waals surface area (Å²) in [5.74, 6) is 0. The first-order valence-electron chi connectivity index (χ1n) is 9.15. The molecule has 1 aromatic carbocycles. The lowest BCUT2D eigenvalue weighted by Gasteiger charge is -2.38. The maximum atomic E-state index is 12.7. The van der Waals surface area contributed by atoms with Crippen LogP contribution in [0.1, 0.15) is 52.0 Å². The Morgan fingerprint density at radius 1 is 1.04 bits per heavy atom. The van der Waals surface area contributed by atoms with Crippen LogP contribution in [0.2, 0.25) is 18.1 Å². The van der Waals surface area contributed by atoms with Crippen molar-refractivity contribution in [1.82, 2.24) is 0 Å². The third-order valence-corrected chi connectivity index (χ3v) is 11.2. The molecule has 0 aliphatic heterocycles. The standard InChI is InChI=1S/C19H35O5PSi/c1-9-22-25(20,23-10-2)15-16-11-13-17(14-12-16)18(21-6)24-26(7,8)19(3,4)5/h11-14,18H,9-10,15H2,1-8H3. The molecule has 0 amide bonds. The monoisotopic (exact) mass is 402 g/mol. The van der Waals surface area contributed by atoms with E-state index in [1.165, 1.54) is 0 Å². The van der Waals surface area contributed by atoms with Gasteiger partial charge in [-0.25, -0.2) is 0 Å². The molecule has 5 nitrogen and oxygen atoms in total. The van der Waals surface area contributed by atoms with Crippen LogP contribution in [0.4, 0.5) is 0 Å². The van der Waals surface area contributed by atoms with Gasteiger partial charge in [0.05, 0.1) is 19.4 Å². The molecular weight excluding hydrogens is 367 g/mol. The lowest BCUT2D eigenvalue weighted by molar-refractivity contribution is -0.0658. The predicted octanol–water partition coefficient (Wildman–Crippen LogP) is 6.12. The molecule has 0 fully saturated rings. The summed E-state index contributed by atoms with van der Waals surface area (Å²) in [6, 6.07) is 7.78. The summed E-state index contributed by atoms with van der Waals surface area (Å²) < 4.78 is 35.4. The summed E-state index contributed by atoms with van der Waals surface area (Å²) in [5.41, 5.74) is 1.85. The molecule has 1 rings (SSSR count). The van der Waals surface area contributed by atoms with Crippen molar-refractivity contribution >= 4 is 15.9 Å². The van der Waals surface area contributed by atoms with Gasteiger partial charge in [-0.2, -0.15) is 0 Å². The average Bonchev–Trinajstić information content (AvgIpc) is 2.52. The van der Waals surface area contributed by atoms with Crippen LogP contribution in [0, 0.1) is 0 Å². The molecule has 0 spiro atoms. The van der Waals surface area contributed by atoms with Gasteiger partial charge in [0.2, 0.25) is 0 Å². The van der Waals surface area contributed by atoms with Crippen LogP contribution in [0.15, 0.2) is 24.3 Å². The van der Waals surface area contributed by atoms with Gasteiger partial charge in [-0.15, -0.1) is 0 Å². The Morgan fingerprint density at radius 3 is 1.92 bits per heavy atom. The number of methoxy groups -OCH3 is 1. The zero-order valence-electron chi connectivity index (χ0n) is 17.5. The predicted molar refractivity (Wildman–Crippen MR) is 109 cm³/mol. The summed E-state index contributed by atoms with van der Waals surface area (Å²) in [5, 5.41) is 0.103. The summed E-state index contributed by atoms with van der Waals surface area (Å²) in [4.78, 5) is 0. The number of benzene rings is 1. The molecule has 7 heteroatoms. The van der Waals surface area contributed by atoms with E-state index in [1.54, 1.807) is 7.11 Å². The largest absolute Gasteiger partial charge is 0.389 e. The van der Waals surface area contributed by atoms with Crippen molar-refractivity contribution in [2.45, 2.75) is 65.2 Å². The van der Waals surface area contributed by atoms with Gasteiger partial charge < -0.3 is 18.2 Å². The maximum absolute atomic E-state index is 12.7. The fourth-order valence-corrected chi connectivity index (χ4v) is 5.05. The summed E-state index contributed by atoms with van der Waals surface area (Å²) in [6.45, 7) is 15.4. The van der Waals surface area contributed by atoms with Crippen molar-refractivity contribution in [3.8, 4) is 0 Å². The van der Waals surface area contributed by atoms with E-state index in [-0.39, 0.29) is 11.2 Å². The minimum Gasteiger partial charge on any atom is -0.389 e. The van der Waals surface area contributed by atoms with Crippen LogP contribution in [0.3, 0.4) is 0 Å². The smallest absolute Gasteiger partial charge is 0.335 e. The van der Waals surface area contributed by atoms with Gasteiger partial charge in [-0.1, -0.05) is 45.0 Å². The second-order valence-corrected chi connectivity index (χ2v) is 14.6. The highest BCUT2D eigenvalue weighted by molar-refractivity contribution is 7.53. The molecule has 1 atom stereocenters. The molecule has 0 saturated carbocycles. The molecule has 0 bridgehead atoms. The Kier molecular flexibility index (Phi) is 8.72. The molecule has 150 valence electrons. The SMILES string of the molecule is CCOP(=O)(Cc1ccc(C(OC)O[Si](C)(C)C(C)(C)C)cc1)OCC. The van der Waals surface area contributed by atoms with Crippen molar-refractivity contribution < 1.29 is 22.8 Å². The van der Waals surface area contributed by atoms with Crippen LogP contribution in [-0.4, -0.2) is 28.6 Å². The molecule has 1 unspecified atom stereocenters. The number of hydrogen-bond donors (Lipinski definition) is 0. The molecule has 26 heavy (non-hydrogen) atoms. The highest BCUT2D eigenvalue weighted by Gasteiger charge is 2.39. The van der Waals surface area contributed by atoms with Crippen LogP contribution in [-0.2, 0) is 28.9 Å². The van der Waals surface area contributed by atoms with Gasteiger partial charge >= 0.3 is 7.60 Å². The summed E-state index contributed by atoms with van der Waals surface area (Å²) in [7, 11) is -3.40. The molecule has 0 aromatic heterocycles. The van der Waals surface area contributed by atoms with Crippen molar-refractivity contribution in [1.29, 1.82) is 0 Å². The minimum absolute atomic E-state index is 0.103. The van der Waals surface area contributed by atoms with E-state index in [1.807, 2.05) is 38.1 Å². The molecule has 1 aromatic rings. The Hall–Kier alpha value is -0.493. The molecule has 0 heterocycles. The Labute approximate surface area is 160 Å². The lowest BCUT2D eigenvalue weighted by Crippen LogP contribution is -2.42. The molecule has 0 saturated heterocycles. The molecule has 0 radical (unpaired) electrons. The van der Waals surface area contributed by atoms with Gasteiger partial charge in [0.15, 0.2) is 14.6 Å². The van der Waals surface area contributed by atoms with E-state index in [0.29, 0.717) is 13.2 Å². The van der Waals surface area contributed by atoms with Crippen molar-refractivity contribution in [2.75, 3.05) is 20.3 Å².